The summed E-state index contributed by atoms with van der Waals surface area (Å²) in [5.74, 6) is -1.58. The van der Waals surface area contributed by atoms with E-state index in [1.165, 1.54) is 46.8 Å². The summed E-state index contributed by atoms with van der Waals surface area (Å²) in [6.45, 7) is -0.255. The second kappa shape index (κ2) is 20.7. The molecule has 2 aromatic heterocycles. The molecule has 0 fully saturated rings. The molecule has 0 aliphatic carbocycles. The molecular weight excluding hydrogens is 829 g/mol. The molecule has 332 valence electrons. The van der Waals surface area contributed by atoms with Crippen molar-refractivity contribution in [2.75, 3.05) is 13.1 Å². The molecule has 0 saturated heterocycles. The SMILES string of the molecule is Cc1cc(OC(F)F)ccc1-c1ccc2c(c1)CCN[C@@H]2CCc1cnccc1C(=O)O.Cc1cc(OC(F)F)ccc1-c1ccc2c(c1)CCN[C@H]2CCc1cnccc1C(=O)O. The fourth-order valence-electron chi connectivity index (χ4n) is 8.70. The van der Waals surface area contributed by atoms with Crippen LogP contribution in [0.2, 0.25) is 0 Å². The number of carbonyl (C=O) groups is 2. The number of hydrogen-bond acceptors (Lipinski definition) is 8. The van der Waals surface area contributed by atoms with Crippen molar-refractivity contribution in [1.29, 1.82) is 0 Å². The fraction of sp³-hybridized carbons (Fsp3) is 0.280. The lowest BCUT2D eigenvalue weighted by atomic mass is 9.87. The van der Waals surface area contributed by atoms with Crippen molar-refractivity contribution in [1.82, 2.24) is 20.6 Å². The van der Waals surface area contributed by atoms with Gasteiger partial charge in [0.15, 0.2) is 0 Å². The summed E-state index contributed by atoms with van der Waals surface area (Å²) in [5, 5.41) is 25.9. The van der Waals surface area contributed by atoms with E-state index < -0.39 is 25.2 Å². The Kier molecular flexibility index (Phi) is 14.7. The molecule has 2 aliphatic heterocycles. The molecule has 0 spiro atoms. The maximum absolute atomic E-state index is 12.5. The first-order valence-corrected chi connectivity index (χ1v) is 21.0. The maximum atomic E-state index is 12.5. The molecule has 0 unspecified atom stereocenters. The summed E-state index contributed by atoms with van der Waals surface area (Å²) in [7, 11) is 0. The van der Waals surface area contributed by atoms with Gasteiger partial charge in [0.1, 0.15) is 11.5 Å². The lowest BCUT2D eigenvalue weighted by Crippen LogP contribution is -2.30. The summed E-state index contributed by atoms with van der Waals surface area (Å²) in [4.78, 5) is 31.1. The molecule has 2 aliphatic rings. The van der Waals surface area contributed by atoms with Crippen molar-refractivity contribution < 1.29 is 46.8 Å². The number of benzene rings is 4. The van der Waals surface area contributed by atoms with E-state index in [1.54, 1.807) is 36.7 Å². The Balaban J connectivity index is 0.000000191. The quantitative estimate of drug-likeness (QED) is 0.0781. The van der Waals surface area contributed by atoms with Crippen molar-refractivity contribution >= 4 is 11.9 Å². The first-order valence-electron chi connectivity index (χ1n) is 21.0. The van der Waals surface area contributed by atoms with Gasteiger partial charge in [-0.05, 0) is 169 Å². The highest BCUT2D eigenvalue weighted by molar-refractivity contribution is 5.89. The van der Waals surface area contributed by atoms with E-state index in [9.17, 15) is 37.4 Å². The monoisotopic (exact) mass is 876 g/mol. The molecule has 8 rings (SSSR count). The largest absolute Gasteiger partial charge is 0.478 e. The number of aromatic carboxylic acids is 2. The first-order chi connectivity index (χ1) is 30.8. The topological polar surface area (TPSA) is 143 Å². The molecule has 10 nitrogen and oxygen atoms in total. The Morgan fingerprint density at radius 1 is 0.625 bits per heavy atom. The molecule has 6 aromatic rings. The van der Waals surface area contributed by atoms with Gasteiger partial charge in [-0.3, -0.25) is 9.97 Å². The van der Waals surface area contributed by atoms with Gasteiger partial charge in [-0.25, -0.2) is 9.59 Å². The molecule has 14 heteroatoms. The Morgan fingerprint density at radius 2 is 1.05 bits per heavy atom. The Bertz CT molecular complexity index is 2450. The van der Waals surface area contributed by atoms with Gasteiger partial charge >= 0.3 is 25.2 Å². The van der Waals surface area contributed by atoms with Gasteiger partial charge < -0.3 is 30.3 Å². The smallest absolute Gasteiger partial charge is 0.387 e. The number of halogens is 4. The number of carboxylic acid groups (broad SMARTS) is 2. The number of aromatic nitrogens is 2. The van der Waals surface area contributed by atoms with E-state index >= 15 is 0 Å². The van der Waals surface area contributed by atoms with E-state index in [1.807, 2.05) is 38.1 Å². The zero-order chi connectivity index (χ0) is 45.3. The van der Waals surface area contributed by atoms with Crippen LogP contribution in [0, 0.1) is 13.8 Å². The van der Waals surface area contributed by atoms with Crippen LogP contribution in [0.3, 0.4) is 0 Å². The summed E-state index contributed by atoms with van der Waals surface area (Å²) < 4.78 is 58.9. The number of aryl methyl sites for hydroxylation is 4. The zero-order valence-electron chi connectivity index (χ0n) is 35.3. The van der Waals surface area contributed by atoms with Crippen LogP contribution in [0.5, 0.6) is 11.5 Å². The standard InChI is InChI=1S/2C25H24F2N2O3/c2*1-15-12-19(32-25(26)27)4-6-20(15)16-2-5-21-17(13-16)8-11-29-23(21)7-3-18-14-28-10-9-22(18)24(30)31/h2*2,4-6,9-10,12-14,23,25,29H,3,7-8,11H2,1H3,(H,30,31)/t2*23-/m10/s1. The van der Waals surface area contributed by atoms with Crippen molar-refractivity contribution in [3.8, 4) is 33.8 Å². The van der Waals surface area contributed by atoms with Crippen LogP contribution >= 0.6 is 0 Å². The second-order valence-electron chi connectivity index (χ2n) is 15.8. The minimum Gasteiger partial charge on any atom is -0.478 e. The molecule has 64 heavy (non-hydrogen) atoms. The normalized spacial score (nSPS) is 15.4. The van der Waals surface area contributed by atoms with Crippen molar-refractivity contribution in [2.45, 2.75) is 77.7 Å². The maximum Gasteiger partial charge on any atom is 0.387 e. The number of rotatable bonds is 14. The number of carboxylic acids is 2. The highest BCUT2D eigenvalue weighted by atomic mass is 19.3. The molecule has 2 atom stereocenters. The summed E-state index contributed by atoms with van der Waals surface area (Å²) in [5.41, 5.74) is 12.7. The van der Waals surface area contributed by atoms with Gasteiger partial charge in [-0.2, -0.15) is 17.6 Å². The van der Waals surface area contributed by atoms with E-state index in [2.05, 4.69) is 54.3 Å². The average Bonchev–Trinajstić information content (AvgIpc) is 3.27. The number of nitrogens with one attached hydrogen (secondary N) is 2. The average molecular weight is 877 g/mol. The minimum atomic E-state index is -2.84. The van der Waals surface area contributed by atoms with Crippen LogP contribution < -0.4 is 20.1 Å². The zero-order valence-corrected chi connectivity index (χ0v) is 35.3. The predicted octanol–water partition coefficient (Wildman–Crippen LogP) is 10.4. The van der Waals surface area contributed by atoms with Gasteiger partial charge in [-0.15, -0.1) is 0 Å². The number of ether oxygens (including phenoxy) is 2. The summed E-state index contributed by atoms with van der Waals surface area (Å²) >= 11 is 0. The third kappa shape index (κ3) is 11.1. The van der Waals surface area contributed by atoms with Gasteiger partial charge in [0.25, 0.3) is 0 Å². The molecule has 0 bridgehead atoms. The van der Waals surface area contributed by atoms with Crippen LogP contribution in [0.4, 0.5) is 17.6 Å². The number of nitrogens with zero attached hydrogens (tertiary/aromatic N) is 2. The lowest BCUT2D eigenvalue weighted by molar-refractivity contribution is -0.0505. The van der Waals surface area contributed by atoms with Crippen LogP contribution in [0.1, 0.15) is 90.1 Å². The van der Waals surface area contributed by atoms with Gasteiger partial charge in [0, 0.05) is 36.9 Å². The van der Waals surface area contributed by atoms with Gasteiger partial charge in [-0.1, -0.05) is 48.5 Å². The number of fused-ring (bicyclic) bond motifs is 2. The first kappa shape index (κ1) is 45.4. The lowest BCUT2D eigenvalue weighted by Gasteiger charge is -2.28. The van der Waals surface area contributed by atoms with E-state index in [0.29, 0.717) is 24.0 Å². The summed E-state index contributed by atoms with van der Waals surface area (Å²) in [6, 6.07) is 25.9. The Morgan fingerprint density at radius 3 is 1.42 bits per heavy atom. The van der Waals surface area contributed by atoms with Crippen molar-refractivity contribution in [2.24, 2.45) is 0 Å². The highest BCUT2D eigenvalue weighted by Crippen LogP contribution is 2.35. The summed E-state index contributed by atoms with van der Waals surface area (Å²) in [6.07, 6.45) is 10.8. The van der Waals surface area contributed by atoms with Crippen LogP contribution in [-0.4, -0.2) is 58.4 Å². The molecular formula is C50H48F4N4O6. The molecule has 0 radical (unpaired) electrons. The van der Waals surface area contributed by atoms with E-state index in [-0.39, 0.29) is 23.6 Å². The number of hydrogen-bond donors (Lipinski definition) is 4. The van der Waals surface area contributed by atoms with E-state index in [4.69, 9.17) is 0 Å². The third-order valence-electron chi connectivity index (χ3n) is 11.7. The molecule has 0 amide bonds. The third-order valence-corrected chi connectivity index (χ3v) is 11.7. The van der Waals surface area contributed by atoms with Crippen molar-refractivity contribution in [3.05, 3.63) is 165 Å². The molecule has 4 N–H and O–H groups in total. The van der Waals surface area contributed by atoms with Crippen LogP contribution in [-0.2, 0) is 25.7 Å². The van der Waals surface area contributed by atoms with Gasteiger partial charge in [0.05, 0.1) is 11.1 Å². The Hall–Kier alpha value is -6.64. The van der Waals surface area contributed by atoms with E-state index in [0.717, 1.165) is 83.3 Å². The Labute approximate surface area is 368 Å². The van der Waals surface area contributed by atoms with Gasteiger partial charge in [0.2, 0.25) is 0 Å². The van der Waals surface area contributed by atoms with Crippen LogP contribution in [0.15, 0.2) is 110 Å². The minimum absolute atomic E-state index is 0.123. The molecule has 4 aromatic carbocycles. The van der Waals surface area contributed by atoms with Crippen LogP contribution in [0.25, 0.3) is 22.3 Å². The number of pyridine rings is 2. The second-order valence-corrected chi connectivity index (χ2v) is 15.8. The highest BCUT2D eigenvalue weighted by Gasteiger charge is 2.23. The number of alkyl halides is 4. The fourth-order valence-corrected chi connectivity index (χ4v) is 8.70. The predicted molar refractivity (Wildman–Crippen MR) is 234 cm³/mol. The molecule has 4 heterocycles. The van der Waals surface area contributed by atoms with Crippen molar-refractivity contribution in [3.63, 3.8) is 0 Å². The molecule has 0 saturated carbocycles.